The molecule has 0 bridgehead atoms. The first-order valence-electron chi connectivity index (χ1n) is 15.3. The van der Waals surface area contributed by atoms with Crippen molar-refractivity contribution < 1.29 is 0 Å². The minimum absolute atomic E-state index is 0.0468. The number of benzene rings is 3. The summed E-state index contributed by atoms with van der Waals surface area (Å²) in [6.07, 6.45) is 16.8. The molecular weight excluding hydrogens is 468 g/mol. The van der Waals surface area contributed by atoms with E-state index < -0.39 is 0 Å². The van der Waals surface area contributed by atoms with Gasteiger partial charge >= 0.3 is 0 Å². The molecule has 39 heavy (non-hydrogen) atoms. The average molecular weight is 517 g/mol. The second-order valence-corrected chi connectivity index (χ2v) is 14.0. The van der Waals surface area contributed by atoms with E-state index in [9.17, 15) is 0 Å². The van der Waals surface area contributed by atoms with Crippen molar-refractivity contribution in [2.24, 2.45) is 5.92 Å². The van der Waals surface area contributed by atoms with Crippen LogP contribution in [-0.2, 0) is 22.7 Å². The molecule has 0 amide bonds. The molecule has 3 aromatic rings. The van der Waals surface area contributed by atoms with E-state index in [0.29, 0.717) is 5.92 Å². The maximum atomic E-state index is 2.50. The molecule has 1 unspecified atom stereocenters. The molecule has 0 radical (unpaired) electrons. The first-order valence-corrected chi connectivity index (χ1v) is 15.3. The van der Waals surface area contributed by atoms with Crippen LogP contribution in [0.4, 0.5) is 0 Å². The molecule has 0 N–H and O–H groups in total. The third-order valence-corrected chi connectivity index (χ3v) is 9.23. The Morgan fingerprint density at radius 2 is 1.38 bits per heavy atom. The Balaban J connectivity index is 1.80. The van der Waals surface area contributed by atoms with Gasteiger partial charge in [-0.3, -0.25) is 0 Å². The van der Waals surface area contributed by atoms with Gasteiger partial charge in [-0.2, -0.15) is 0 Å². The van der Waals surface area contributed by atoms with Crippen molar-refractivity contribution in [2.75, 3.05) is 0 Å². The molecule has 1 atom stereocenters. The fourth-order valence-corrected chi connectivity index (χ4v) is 7.14. The number of rotatable bonds is 8. The van der Waals surface area contributed by atoms with Crippen LogP contribution in [0.3, 0.4) is 0 Å². The van der Waals surface area contributed by atoms with Crippen LogP contribution < -0.4 is 0 Å². The van der Waals surface area contributed by atoms with Gasteiger partial charge in [0.25, 0.3) is 0 Å². The summed E-state index contributed by atoms with van der Waals surface area (Å²) < 4.78 is 0. The van der Waals surface area contributed by atoms with Crippen molar-refractivity contribution in [3.8, 4) is 11.1 Å². The summed E-state index contributed by atoms with van der Waals surface area (Å²) in [5, 5.41) is 0. The topological polar surface area (TPSA) is 0 Å². The van der Waals surface area contributed by atoms with Crippen LogP contribution in [0.15, 0.2) is 85.0 Å². The van der Waals surface area contributed by atoms with Gasteiger partial charge < -0.3 is 0 Å². The van der Waals surface area contributed by atoms with Gasteiger partial charge in [0.05, 0.1) is 0 Å². The maximum absolute atomic E-state index is 2.50. The van der Waals surface area contributed by atoms with E-state index in [1.54, 1.807) is 11.1 Å². The lowest BCUT2D eigenvalue weighted by atomic mass is 9.59. The van der Waals surface area contributed by atoms with Crippen molar-refractivity contribution in [3.05, 3.63) is 118 Å². The van der Waals surface area contributed by atoms with Gasteiger partial charge in [0.2, 0.25) is 0 Å². The Morgan fingerprint density at radius 1 is 0.692 bits per heavy atom. The first-order chi connectivity index (χ1) is 18.6. The molecule has 0 aromatic heterocycles. The highest BCUT2D eigenvalue weighted by Crippen LogP contribution is 2.54. The molecule has 0 spiro atoms. The molecule has 0 aliphatic heterocycles. The van der Waals surface area contributed by atoms with Crippen molar-refractivity contribution in [2.45, 2.75) is 103 Å². The monoisotopic (exact) mass is 516 g/mol. The first kappa shape index (κ1) is 27.7. The van der Waals surface area contributed by atoms with Crippen LogP contribution >= 0.6 is 0 Å². The van der Waals surface area contributed by atoms with Crippen LogP contribution in [-0.4, -0.2) is 0 Å². The van der Waals surface area contributed by atoms with Crippen molar-refractivity contribution in [1.29, 1.82) is 0 Å². The molecule has 204 valence electrons. The second kappa shape index (κ2) is 10.6. The molecule has 0 heterocycles. The number of hydrogen-bond acceptors (Lipinski definition) is 0. The average Bonchev–Trinajstić information content (AvgIpc) is 3.56. The van der Waals surface area contributed by atoms with Crippen LogP contribution in [0.5, 0.6) is 0 Å². The van der Waals surface area contributed by atoms with Gasteiger partial charge in [0, 0.05) is 11.3 Å². The Morgan fingerprint density at radius 3 is 2.03 bits per heavy atom. The van der Waals surface area contributed by atoms with Crippen molar-refractivity contribution >= 4 is 0 Å². The van der Waals surface area contributed by atoms with Crippen LogP contribution in [0.1, 0.15) is 114 Å². The van der Waals surface area contributed by atoms with Gasteiger partial charge in [-0.25, -0.2) is 0 Å². The lowest BCUT2D eigenvalue weighted by Crippen LogP contribution is -2.38. The Labute approximate surface area is 238 Å². The fourth-order valence-electron chi connectivity index (χ4n) is 7.14. The quantitative estimate of drug-likeness (QED) is 0.204. The molecular formula is C39H48. The highest BCUT2D eigenvalue weighted by atomic mass is 14.5. The second-order valence-electron chi connectivity index (χ2n) is 14.0. The van der Waals surface area contributed by atoms with E-state index in [-0.39, 0.29) is 16.2 Å². The van der Waals surface area contributed by atoms with E-state index in [4.69, 9.17) is 0 Å². The number of fused-ring (bicyclic) bond motifs is 3. The van der Waals surface area contributed by atoms with E-state index in [2.05, 4.69) is 133 Å². The van der Waals surface area contributed by atoms with E-state index >= 15 is 0 Å². The standard InChI is InChI=1S/C39H48/c1-8-9-10-16-25-39(30-19-14-15-20-30,29-17-12-11-13-18-29)36-34-27-28-26-31(37(2,3)4)21-22-32(28)33(34)23-24-35(36)38(5,6)7/h11-15,17-24,26,30H,8-10,16,25,27H2,1-7H3. The van der Waals surface area contributed by atoms with E-state index in [1.165, 1.54) is 65.5 Å². The third kappa shape index (κ3) is 5.08. The summed E-state index contributed by atoms with van der Waals surface area (Å²) >= 11 is 0. The number of unbranched alkanes of at least 4 members (excludes halogenated alkanes) is 3. The molecule has 0 fully saturated rings. The largest absolute Gasteiger partial charge is 0.0764 e. The number of hydrogen-bond donors (Lipinski definition) is 0. The Kier molecular flexibility index (Phi) is 7.53. The molecule has 2 aliphatic carbocycles. The molecule has 2 aliphatic rings. The molecule has 0 saturated heterocycles. The lowest BCUT2D eigenvalue weighted by molar-refractivity contribution is 0.376. The highest BCUT2D eigenvalue weighted by Gasteiger charge is 2.45. The fraction of sp³-hybridized carbons (Fsp3) is 0.436. The minimum Gasteiger partial charge on any atom is -0.0764 e. The van der Waals surface area contributed by atoms with Crippen LogP contribution in [0.2, 0.25) is 0 Å². The Bertz CT molecular complexity index is 1360. The van der Waals surface area contributed by atoms with Crippen LogP contribution in [0, 0.1) is 5.92 Å². The van der Waals surface area contributed by atoms with E-state index in [0.717, 1.165) is 6.42 Å². The molecule has 3 aromatic carbocycles. The zero-order valence-electron chi connectivity index (χ0n) is 25.4. The smallest absolute Gasteiger partial charge is 0.0306 e. The Hall–Kier alpha value is -2.86. The van der Waals surface area contributed by atoms with Gasteiger partial charge in [-0.1, -0.05) is 159 Å². The normalized spacial score (nSPS) is 16.4. The maximum Gasteiger partial charge on any atom is 0.0306 e. The lowest BCUT2D eigenvalue weighted by Gasteiger charge is -2.44. The summed E-state index contributed by atoms with van der Waals surface area (Å²) in [4.78, 5) is 0. The summed E-state index contributed by atoms with van der Waals surface area (Å²) in [5.74, 6) is 0.350. The summed E-state index contributed by atoms with van der Waals surface area (Å²) in [5.41, 5.74) is 12.1. The predicted molar refractivity (Wildman–Crippen MR) is 170 cm³/mol. The number of allylic oxidation sites excluding steroid dienone is 4. The zero-order valence-corrected chi connectivity index (χ0v) is 25.4. The SMILES string of the molecule is CCCCCCC(c1ccccc1)(c1c(C(C)(C)C)ccc2c1Cc1cc(C(C)(C)C)ccc1-2)C1C=CC=C1. The zero-order chi connectivity index (χ0) is 27.8. The predicted octanol–water partition coefficient (Wildman–Crippen LogP) is 10.9. The molecule has 0 nitrogen and oxygen atoms in total. The molecule has 5 rings (SSSR count). The minimum atomic E-state index is -0.0959. The highest BCUT2D eigenvalue weighted by molar-refractivity contribution is 5.80. The molecule has 0 saturated carbocycles. The van der Waals surface area contributed by atoms with Gasteiger partial charge in [-0.05, 0) is 68.2 Å². The van der Waals surface area contributed by atoms with Crippen molar-refractivity contribution in [3.63, 3.8) is 0 Å². The van der Waals surface area contributed by atoms with Gasteiger partial charge in [0.1, 0.15) is 0 Å². The summed E-state index contributed by atoms with van der Waals surface area (Å²) in [6.45, 7) is 16.5. The molecule has 0 heteroatoms. The van der Waals surface area contributed by atoms with Crippen LogP contribution in [0.25, 0.3) is 11.1 Å². The van der Waals surface area contributed by atoms with Gasteiger partial charge in [-0.15, -0.1) is 0 Å². The van der Waals surface area contributed by atoms with Crippen molar-refractivity contribution in [1.82, 2.24) is 0 Å². The summed E-state index contributed by atoms with van der Waals surface area (Å²) in [6, 6.07) is 23.7. The summed E-state index contributed by atoms with van der Waals surface area (Å²) in [7, 11) is 0. The van der Waals surface area contributed by atoms with E-state index in [1.807, 2.05) is 0 Å². The van der Waals surface area contributed by atoms with Gasteiger partial charge in [0.15, 0.2) is 0 Å². The third-order valence-electron chi connectivity index (χ3n) is 9.23.